The van der Waals surface area contributed by atoms with Gasteiger partial charge in [0.1, 0.15) is 11.1 Å². The predicted molar refractivity (Wildman–Crippen MR) is 69.4 cm³/mol. The highest BCUT2D eigenvalue weighted by molar-refractivity contribution is 7.13. The molecule has 0 radical (unpaired) electrons. The maximum Gasteiger partial charge on any atom is 0.134 e. The lowest BCUT2D eigenvalue weighted by Crippen LogP contribution is -1.79. The van der Waals surface area contributed by atoms with Crippen LogP contribution in [0.5, 0.6) is 0 Å². The van der Waals surface area contributed by atoms with Gasteiger partial charge in [0.2, 0.25) is 0 Å². The molecule has 80 valence electrons. The third kappa shape index (κ3) is 2.38. The number of rotatable bonds is 2. The molecule has 2 aromatic heterocycles. The molecule has 4 heteroatoms. The van der Waals surface area contributed by atoms with Gasteiger partial charge in [0.05, 0.1) is 5.57 Å². The van der Waals surface area contributed by atoms with Gasteiger partial charge in [0.15, 0.2) is 0 Å². The van der Waals surface area contributed by atoms with Crippen LogP contribution >= 0.6 is 22.7 Å². The van der Waals surface area contributed by atoms with Gasteiger partial charge in [0, 0.05) is 20.8 Å². The van der Waals surface area contributed by atoms with Crippen LogP contribution in [0.4, 0.5) is 0 Å². The Kier molecular flexibility index (Phi) is 3.18. The van der Waals surface area contributed by atoms with E-state index in [0.29, 0.717) is 5.57 Å². The van der Waals surface area contributed by atoms with Gasteiger partial charge < -0.3 is 0 Å². The molecule has 0 atom stereocenters. The maximum atomic E-state index is 9.11. The highest BCUT2D eigenvalue weighted by atomic mass is 32.1. The van der Waals surface area contributed by atoms with Crippen molar-refractivity contribution in [2.24, 2.45) is 0 Å². The summed E-state index contributed by atoms with van der Waals surface area (Å²) in [6.45, 7) is 3.99. The van der Waals surface area contributed by atoms with Crippen molar-refractivity contribution in [2.45, 2.75) is 13.8 Å². The van der Waals surface area contributed by atoms with Crippen molar-refractivity contribution >= 4 is 34.3 Å². The van der Waals surface area contributed by atoms with Gasteiger partial charge in [-0.25, -0.2) is 4.98 Å². The quantitative estimate of drug-likeness (QED) is 0.754. The van der Waals surface area contributed by atoms with Crippen LogP contribution in [0.3, 0.4) is 0 Å². The van der Waals surface area contributed by atoms with E-state index in [-0.39, 0.29) is 0 Å². The SMILES string of the molecule is Cc1csc(/C(C#N)=C/c2ccc(C)s2)n1. The van der Waals surface area contributed by atoms with E-state index >= 15 is 0 Å². The van der Waals surface area contributed by atoms with Crippen LogP contribution in [0.2, 0.25) is 0 Å². The van der Waals surface area contributed by atoms with Crippen LogP contribution < -0.4 is 0 Å². The van der Waals surface area contributed by atoms with E-state index in [2.05, 4.69) is 24.0 Å². The summed E-state index contributed by atoms with van der Waals surface area (Å²) in [4.78, 5) is 6.67. The maximum absolute atomic E-state index is 9.11. The first kappa shape index (κ1) is 11.1. The molecule has 0 aliphatic heterocycles. The van der Waals surface area contributed by atoms with Gasteiger partial charge in [-0.15, -0.1) is 22.7 Å². The fourth-order valence-corrected chi connectivity index (χ4v) is 2.88. The molecular weight excluding hydrogens is 236 g/mol. The molecule has 0 aliphatic carbocycles. The van der Waals surface area contributed by atoms with E-state index in [1.807, 2.05) is 24.4 Å². The number of hydrogen-bond donors (Lipinski definition) is 0. The molecule has 0 fully saturated rings. The first-order chi connectivity index (χ1) is 7.69. The summed E-state index contributed by atoms with van der Waals surface area (Å²) in [6, 6.07) is 6.28. The van der Waals surface area contributed by atoms with Crippen molar-refractivity contribution in [1.82, 2.24) is 4.98 Å². The molecule has 2 aromatic rings. The topological polar surface area (TPSA) is 36.7 Å². The fraction of sp³-hybridized carbons (Fsp3) is 0.167. The second-order valence-corrected chi connectivity index (χ2v) is 5.59. The Bertz CT molecular complexity index is 570. The lowest BCUT2D eigenvalue weighted by Gasteiger charge is -1.90. The van der Waals surface area contributed by atoms with E-state index in [4.69, 9.17) is 5.26 Å². The Labute approximate surface area is 103 Å². The van der Waals surface area contributed by atoms with Gasteiger partial charge >= 0.3 is 0 Å². The smallest absolute Gasteiger partial charge is 0.134 e. The Balaban J connectivity index is 2.37. The van der Waals surface area contributed by atoms with Gasteiger partial charge in [-0.05, 0) is 32.1 Å². The lowest BCUT2D eigenvalue weighted by atomic mass is 10.2. The van der Waals surface area contributed by atoms with E-state index < -0.39 is 0 Å². The number of thiazole rings is 1. The Morgan fingerprint density at radius 3 is 2.75 bits per heavy atom. The molecule has 0 amide bonds. The second kappa shape index (κ2) is 4.60. The molecule has 0 unspecified atom stereocenters. The summed E-state index contributed by atoms with van der Waals surface area (Å²) >= 11 is 3.19. The first-order valence-electron chi connectivity index (χ1n) is 4.80. The molecule has 2 heterocycles. The summed E-state index contributed by atoms with van der Waals surface area (Å²) < 4.78 is 0. The van der Waals surface area contributed by atoms with Gasteiger partial charge in [-0.1, -0.05) is 0 Å². The summed E-state index contributed by atoms with van der Waals surface area (Å²) in [5, 5.41) is 11.9. The molecule has 0 aromatic carbocycles. The normalized spacial score (nSPS) is 11.4. The number of nitriles is 1. The van der Waals surface area contributed by atoms with E-state index in [1.165, 1.54) is 16.2 Å². The number of allylic oxidation sites excluding steroid dienone is 1. The number of nitrogens with zero attached hydrogens (tertiary/aromatic N) is 2. The standard InChI is InChI=1S/C12H10N2S2/c1-8-7-15-12(14-8)10(6-13)5-11-4-3-9(2)16-11/h3-5,7H,1-2H3/b10-5+. The number of thiophene rings is 1. The zero-order valence-electron chi connectivity index (χ0n) is 9.02. The molecule has 0 bridgehead atoms. The van der Waals surface area contributed by atoms with Crippen molar-refractivity contribution in [3.8, 4) is 6.07 Å². The molecule has 2 nitrogen and oxygen atoms in total. The third-order valence-electron chi connectivity index (χ3n) is 2.02. The fourth-order valence-electron chi connectivity index (χ4n) is 1.29. The molecule has 0 aliphatic rings. The van der Waals surface area contributed by atoms with Crippen LogP contribution in [0, 0.1) is 25.2 Å². The zero-order valence-corrected chi connectivity index (χ0v) is 10.7. The van der Waals surface area contributed by atoms with Crippen LogP contribution in [0.1, 0.15) is 20.5 Å². The molecule has 2 rings (SSSR count). The minimum absolute atomic E-state index is 0.639. The Morgan fingerprint density at radius 2 is 2.25 bits per heavy atom. The van der Waals surface area contributed by atoms with E-state index in [9.17, 15) is 0 Å². The van der Waals surface area contributed by atoms with Crippen molar-refractivity contribution < 1.29 is 0 Å². The monoisotopic (exact) mass is 246 g/mol. The van der Waals surface area contributed by atoms with Crippen LogP contribution in [-0.4, -0.2) is 4.98 Å². The summed E-state index contributed by atoms with van der Waals surface area (Å²) in [5.74, 6) is 0. The summed E-state index contributed by atoms with van der Waals surface area (Å²) in [7, 11) is 0. The third-order valence-corrected chi connectivity index (χ3v) is 3.96. The largest absolute Gasteiger partial charge is 0.241 e. The van der Waals surface area contributed by atoms with Crippen molar-refractivity contribution in [2.75, 3.05) is 0 Å². The van der Waals surface area contributed by atoms with Gasteiger partial charge in [-0.3, -0.25) is 0 Å². The molecular formula is C12H10N2S2. The molecule has 0 saturated heterocycles. The minimum Gasteiger partial charge on any atom is -0.241 e. The second-order valence-electron chi connectivity index (χ2n) is 3.41. The van der Waals surface area contributed by atoms with E-state index in [1.54, 1.807) is 11.3 Å². The summed E-state index contributed by atoms with van der Waals surface area (Å²) in [5.41, 5.74) is 1.60. The molecule has 0 N–H and O–H groups in total. The highest BCUT2D eigenvalue weighted by Crippen LogP contribution is 2.24. The van der Waals surface area contributed by atoms with Gasteiger partial charge in [-0.2, -0.15) is 5.26 Å². The highest BCUT2D eigenvalue weighted by Gasteiger charge is 2.06. The number of aryl methyl sites for hydroxylation is 2. The first-order valence-corrected chi connectivity index (χ1v) is 6.49. The van der Waals surface area contributed by atoms with Crippen molar-refractivity contribution in [1.29, 1.82) is 5.26 Å². The lowest BCUT2D eigenvalue weighted by molar-refractivity contribution is 1.25. The predicted octanol–water partition coefficient (Wildman–Crippen LogP) is 3.89. The molecule has 0 spiro atoms. The van der Waals surface area contributed by atoms with E-state index in [0.717, 1.165) is 15.6 Å². The van der Waals surface area contributed by atoms with Crippen LogP contribution in [0.15, 0.2) is 17.5 Å². The van der Waals surface area contributed by atoms with Crippen molar-refractivity contribution in [3.05, 3.63) is 38.0 Å². The number of aromatic nitrogens is 1. The Hall–Kier alpha value is -1.44. The van der Waals surface area contributed by atoms with Crippen LogP contribution in [0.25, 0.3) is 11.6 Å². The zero-order chi connectivity index (χ0) is 11.5. The average Bonchev–Trinajstić information content (AvgIpc) is 2.84. The summed E-state index contributed by atoms with van der Waals surface area (Å²) in [6.07, 6.45) is 1.90. The van der Waals surface area contributed by atoms with Crippen LogP contribution in [-0.2, 0) is 0 Å². The average molecular weight is 246 g/mol. The van der Waals surface area contributed by atoms with Crippen molar-refractivity contribution in [3.63, 3.8) is 0 Å². The van der Waals surface area contributed by atoms with Gasteiger partial charge in [0.25, 0.3) is 0 Å². The number of hydrogen-bond acceptors (Lipinski definition) is 4. The Morgan fingerprint density at radius 1 is 1.44 bits per heavy atom. The molecule has 16 heavy (non-hydrogen) atoms. The molecule has 0 saturated carbocycles. The minimum atomic E-state index is 0.639.